The maximum atomic E-state index is 11.0. The van der Waals surface area contributed by atoms with E-state index in [1.165, 1.54) is 0 Å². The summed E-state index contributed by atoms with van der Waals surface area (Å²) < 4.78 is 0. The Morgan fingerprint density at radius 3 is 2.60 bits per heavy atom. The maximum absolute atomic E-state index is 11.0. The minimum Gasteiger partial charge on any atom is -0.303 e. The van der Waals surface area contributed by atoms with E-state index in [0.717, 1.165) is 11.8 Å². The highest BCUT2D eigenvalue weighted by atomic mass is 16.7. The Kier molecular flexibility index (Phi) is 2.84. The predicted molar refractivity (Wildman–Crippen MR) is 57.0 cm³/mol. The van der Waals surface area contributed by atoms with Crippen LogP contribution in [0.3, 0.4) is 0 Å². The van der Waals surface area contributed by atoms with Gasteiger partial charge in [0.15, 0.2) is 0 Å². The van der Waals surface area contributed by atoms with Crippen molar-refractivity contribution in [2.24, 2.45) is 5.92 Å². The minimum atomic E-state index is -0.0857. The molecule has 0 spiro atoms. The van der Waals surface area contributed by atoms with Crippen LogP contribution in [0.5, 0.6) is 0 Å². The number of hydroxylamine groups is 2. The molecule has 80 valence electrons. The highest BCUT2D eigenvalue weighted by Gasteiger charge is 2.39. The van der Waals surface area contributed by atoms with Crippen LogP contribution in [-0.4, -0.2) is 24.5 Å². The van der Waals surface area contributed by atoms with Crippen molar-refractivity contribution in [2.75, 3.05) is 7.05 Å². The third-order valence-corrected chi connectivity index (χ3v) is 2.93. The molecule has 1 heterocycles. The first-order valence-corrected chi connectivity index (χ1v) is 5.14. The van der Waals surface area contributed by atoms with Crippen molar-refractivity contribution in [2.45, 2.75) is 19.1 Å². The molecule has 0 bridgehead atoms. The SMILES string of the molecule is C[C@H]1ON(C)[C@@H](c2ccccc2)[C@@H]1C=O. The average Bonchev–Trinajstić information content (AvgIpc) is 2.54. The van der Waals surface area contributed by atoms with Gasteiger partial charge in [-0.2, -0.15) is 5.06 Å². The topological polar surface area (TPSA) is 29.5 Å². The molecule has 2 rings (SSSR count). The van der Waals surface area contributed by atoms with Crippen molar-refractivity contribution in [1.29, 1.82) is 0 Å². The second-order valence-corrected chi connectivity index (χ2v) is 3.93. The highest BCUT2D eigenvalue weighted by molar-refractivity contribution is 5.57. The van der Waals surface area contributed by atoms with Crippen molar-refractivity contribution in [3.05, 3.63) is 35.9 Å². The molecular formula is C12H15NO2. The van der Waals surface area contributed by atoms with E-state index in [-0.39, 0.29) is 18.1 Å². The molecule has 15 heavy (non-hydrogen) atoms. The summed E-state index contributed by atoms with van der Waals surface area (Å²) in [6.07, 6.45) is 0.948. The van der Waals surface area contributed by atoms with E-state index in [0.29, 0.717) is 0 Å². The molecule has 1 aromatic rings. The van der Waals surface area contributed by atoms with E-state index < -0.39 is 0 Å². The van der Waals surface area contributed by atoms with E-state index in [4.69, 9.17) is 4.84 Å². The summed E-state index contributed by atoms with van der Waals surface area (Å²) in [5.41, 5.74) is 1.13. The number of hydrogen-bond acceptors (Lipinski definition) is 3. The van der Waals surface area contributed by atoms with Gasteiger partial charge in [-0.25, -0.2) is 0 Å². The third kappa shape index (κ3) is 1.80. The zero-order valence-electron chi connectivity index (χ0n) is 8.96. The Labute approximate surface area is 89.6 Å². The van der Waals surface area contributed by atoms with Crippen LogP contribution in [0.1, 0.15) is 18.5 Å². The largest absolute Gasteiger partial charge is 0.303 e. The lowest BCUT2D eigenvalue weighted by molar-refractivity contribution is -0.139. The van der Waals surface area contributed by atoms with Crippen LogP contribution in [0, 0.1) is 5.92 Å². The maximum Gasteiger partial charge on any atom is 0.127 e. The lowest BCUT2D eigenvalue weighted by Crippen LogP contribution is -2.21. The van der Waals surface area contributed by atoms with Gasteiger partial charge < -0.3 is 4.79 Å². The predicted octanol–water partition coefficient (Wildman–Crippen LogP) is 1.81. The molecule has 3 nitrogen and oxygen atoms in total. The first-order valence-electron chi connectivity index (χ1n) is 5.14. The Balaban J connectivity index is 2.31. The summed E-state index contributed by atoms with van der Waals surface area (Å²) in [5.74, 6) is -0.0857. The van der Waals surface area contributed by atoms with E-state index in [9.17, 15) is 4.79 Å². The van der Waals surface area contributed by atoms with E-state index in [2.05, 4.69) is 0 Å². The zero-order valence-corrected chi connectivity index (χ0v) is 8.96. The van der Waals surface area contributed by atoms with Gasteiger partial charge in [0.05, 0.1) is 18.1 Å². The summed E-state index contributed by atoms with van der Waals surface area (Å²) in [6, 6.07) is 10.0. The van der Waals surface area contributed by atoms with Crippen LogP contribution in [-0.2, 0) is 9.63 Å². The molecule has 1 fully saturated rings. The summed E-state index contributed by atoms with van der Waals surface area (Å²) in [4.78, 5) is 16.6. The van der Waals surface area contributed by atoms with Gasteiger partial charge in [0, 0.05) is 7.05 Å². The molecule has 3 atom stereocenters. The molecule has 0 N–H and O–H groups in total. The first kappa shape index (κ1) is 10.3. The van der Waals surface area contributed by atoms with Gasteiger partial charge in [0.25, 0.3) is 0 Å². The molecule has 0 radical (unpaired) electrons. The van der Waals surface area contributed by atoms with Crippen molar-refractivity contribution >= 4 is 6.29 Å². The van der Waals surface area contributed by atoms with Crippen molar-refractivity contribution < 1.29 is 9.63 Å². The monoisotopic (exact) mass is 205 g/mol. The summed E-state index contributed by atoms with van der Waals surface area (Å²) in [7, 11) is 1.87. The molecule has 0 amide bonds. The number of rotatable bonds is 2. The van der Waals surface area contributed by atoms with Crippen molar-refractivity contribution in [3.63, 3.8) is 0 Å². The number of nitrogens with zero attached hydrogens (tertiary/aromatic N) is 1. The minimum absolute atomic E-state index is 0.0405. The lowest BCUT2D eigenvalue weighted by atomic mass is 9.92. The first-order chi connectivity index (χ1) is 7.24. The lowest BCUT2D eigenvalue weighted by Gasteiger charge is -2.19. The normalized spacial score (nSPS) is 31.7. The van der Waals surface area contributed by atoms with Gasteiger partial charge in [-0.3, -0.25) is 4.84 Å². The summed E-state index contributed by atoms with van der Waals surface area (Å²) in [6.45, 7) is 1.93. The molecular weight excluding hydrogens is 190 g/mol. The fourth-order valence-corrected chi connectivity index (χ4v) is 2.16. The molecule has 1 aromatic carbocycles. The van der Waals surface area contributed by atoms with Crippen LogP contribution >= 0.6 is 0 Å². The molecule has 0 aliphatic carbocycles. The number of hydrogen-bond donors (Lipinski definition) is 0. The van der Waals surface area contributed by atoms with Crippen molar-refractivity contribution in [3.8, 4) is 0 Å². The van der Waals surface area contributed by atoms with Crippen LogP contribution in [0.4, 0.5) is 0 Å². The van der Waals surface area contributed by atoms with Gasteiger partial charge in [-0.1, -0.05) is 30.3 Å². The smallest absolute Gasteiger partial charge is 0.127 e. The molecule has 1 aliphatic rings. The Morgan fingerprint density at radius 2 is 2.00 bits per heavy atom. The molecule has 0 unspecified atom stereocenters. The number of carbonyl (C=O) groups is 1. The Morgan fingerprint density at radius 1 is 1.33 bits per heavy atom. The Hall–Kier alpha value is -1.19. The van der Waals surface area contributed by atoms with Crippen molar-refractivity contribution in [1.82, 2.24) is 5.06 Å². The fourth-order valence-electron chi connectivity index (χ4n) is 2.16. The van der Waals surface area contributed by atoms with Gasteiger partial charge in [0.1, 0.15) is 6.29 Å². The molecule has 0 aromatic heterocycles. The van der Waals surface area contributed by atoms with Crippen LogP contribution in [0.2, 0.25) is 0 Å². The number of benzene rings is 1. The second-order valence-electron chi connectivity index (χ2n) is 3.93. The van der Waals surface area contributed by atoms with E-state index in [1.807, 2.05) is 44.3 Å². The molecule has 1 aliphatic heterocycles. The highest BCUT2D eigenvalue weighted by Crippen LogP contribution is 2.36. The van der Waals surface area contributed by atoms with Gasteiger partial charge in [-0.15, -0.1) is 0 Å². The molecule has 0 saturated carbocycles. The average molecular weight is 205 g/mol. The molecule has 1 saturated heterocycles. The standard InChI is InChI=1S/C12H15NO2/c1-9-11(8-14)12(13(2)15-9)10-6-4-3-5-7-10/h3-9,11-12H,1-2H3/t9-,11-,12+/m1/s1. The summed E-state index contributed by atoms with van der Waals surface area (Å²) in [5, 5.41) is 1.78. The zero-order chi connectivity index (χ0) is 10.8. The van der Waals surface area contributed by atoms with Crippen LogP contribution < -0.4 is 0 Å². The third-order valence-electron chi connectivity index (χ3n) is 2.93. The van der Waals surface area contributed by atoms with Crippen LogP contribution in [0.15, 0.2) is 30.3 Å². The van der Waals surface area contributed by atoms with Gasteiger partial charge in [-0.05, 0) is 12.5 Å². The Bertz CT molecular complexity index is 339. The fraction of sp³-hybridized carbons (Fsp3) is 0.417. The van der Waals surface area contributed by atoms with E-state index in [1.54, 1.807) is 5.06 Å². The number of carbonyl (C=O) groups excluding carboxylic acids is 1. The second kappa shape index (κ2) is 4.13. The number of aldehydes is 1. The summed E-state index contributed by atoms with van der Waals surface area (Å²) >= 11 is 0. The van der Waals surface area contributed by atoms with Gasteiger partial charge in [0.2, 0.25) is 0 Å². The quantitative estimate of drug-likeness (QED) is 0.690. The molecule has 3 heteroatoms. The van der Waals surface area contributed by atoms with Gasteiger partial charge >= 0.3 is 0 Å². The van der Waals surface area contributed by atoms with E-state index >= 15 is 0 Å². The van der Waals surface area contributed by atoms with Crippen LogP contribution in [0.25, 0.3) is 0 Å².